The maximum Gasteiger partial charge on any atom is 0.147 e. The fourth-order valence-electron chi connectivity index (χ4n) is 2.35. The summed E-state index contributed by atoms with van der Waals surface area (Å²) in [6.45, 7) is 3.45. The Hall–Kier alpha value is -0.550. The minimum atomic E-state index is 0.239. The summed E-state index contributed by atoms with van der Waals surface area (Å²) >= 11 is 11.8. The first kappa shape index (κ1) is 11.5. The molecule has 2 atom stereocenters. The molecule has 4 rings (SSSR count). The summed E-state index contributed by atoms with van der Waals surface area (Å²) in [5.74, 6) is 0. The number of hydrogen-bond acceptors (Lipinski definition) is 4. The van der Waals surface area contributed by atoms with Gasteiger partial charge in [-0.2, -0.15) is 0 Å². The SMILES string of the molecule is Clc1cc(N2CC3CNCC2CO3)cnc1Cl. The first-order chi connectivity index (χ1) is 8.24. The van der Waals surface area contributed by atoms with Crippen LogP contribution >= 0.6 is 23.2 Å². The van der Waals surface area contributed by atoms with E-state index >= 15 is 0 Å². The van der Waals surface area contributed by atoms with Crippen LogP contribution in [0.4, 0.5) is 5.69 Å². The lowest BCUT2D eigenvalue weighted by atomic mass is 10.2. The second-order valence-electron chi connectivity index (χ2n) is 4.39. The number of rotatable bonds is 1. The third-order valence-electron chi connectivity index (χ3n) is 3.23. The van der Waals surface area contributed by atoms with E-state index in [0.717, 1.165) is 31.9 Å². The largest absolute Gasteiger partial charge is 0.373 e. The molecule has 2 unspecified atom stereocenters. The minimum Gasteiger partial charge on any atom is -0.373 e. The molecule has 1 aromatic heterocycles. The van der Waals surface area contributed by atoms with Crippen LogP contribution in [0.5, 0.6) is 0 Å². The Balaban J connectivity index is 1.90. The summed E-state index contributed by atoms with van der Waals surface area (Å²) < 4.78 is 5.72. The molecule has 0 aromatic carbocycles. The summed E-state index contributed by atoms with van der Waals surface area (Å²) in [5, 5.41) is 4.24. The molecule has 1 aromatic rings. The quantitative estimate of drug-likeness (QED) is 0.789. The number of halogens is 2. The molecule has 0 aliphatic carbocycles. The van der Waals surface area contributed by atoms with Crippen molar-refractivity contribution in [3.63, 3.8) is 0 Å². The van der Waals surface area contributed by atoms with Crippen molar-refractivity contribution in [1.82, 2.24) is 10.3 Å². The number of pyridine rings is 1. The number of fused-ring (bicyclic) bond motifs is 4. The Kier molecular flexibility index (Phi) is 3.13. The summed E-state index contributed by atoms with van der Waals surface area (Å²) in [4.78, 5) is 6.39. The van der Waals surface area contributed by atoms with Crippen LogP contribution in [0.3, 0.4) is 0 Å². The predicted molar refractivity (Wildman–Crippen MR) is 68.0 cm³/mol. The van der Waals surface area contributed by atoms with E-state index < -0.39 is 0 Å². The average Bonchev–Trinajstić information content (AvgIpc) is 2.67. The maximum absolute atomic E-state index is 6.01. The lowest BCUT2D eigenvalue weighted by Crippen LogP contribution is -2.49. The summed E-state index contributed by atoms with van der Waals surface area (Å²) in [6.07, 6.45) is 2.01. The zero-order valence-corrected chi connectivity index (χ0v) is 10.7. The molecule has 0 spiro atoms. The van der Waals surface area contributed by atoms with Crippen LogP contribution in [0, 0.1) is 0 Å². The molecule has 3 aliphatic heterocycles. The van der Waals surface area contributed by atoms with Crippen LogP contribution < -0.4 is 10.2 Å². The molecule has 0 amide bonds. The smallest absolute Gasteiger partial charge is 0.147 e. The molecule has 4 heterocycles. The number of nitrogens with one attached hydrogen (secondary N) is 1. The standard InChI is InChI=1S/C11H13Cl2N3O/c12-10-1-7(3-15-11(10)13)16-5-9-4-14-2-8(16)6-17-9/h1,3,8-9,14H,2,4-6H2. The van der Waals surface area contributed by atoms with E-state index in [1.165, 1.54) is 0 Å². The predicted octanol–water partition coefficient (Wildman–Crippen LogP) is 1.57. The molecule has 0 radical (unpaired) electrons. The van der Waals surface area contributed by atoms with Gasteiger partial charge in [-0.05, 0) is 6.07 Å². The van der Waals surface area contributed by atoms with Crippen molar-refractivity contribution < 1.29 is 4.74 Å². The molecule has 3 fully saturated rings. The second kappa shape index (κ2) is 4.61. The van der Waals surface area contributed by atoms with E-state index in [-0.39, 0.29) is 6.10 Å². The van der Waals surface area contributed by atoms with Crippen molar-refractivity contribution in [2.45, 2.75) is 12.1 Å². The van der Waals surface area contributed by atoms with E-state index in [2.05, 4.69) is 15.2 Å². The van der Waals surface area contributed by atoms with Gasteiger partial charge in [0.15, 0.2) is 0 Å². The number of hydrogen-bond donors (Lipinski definition) is 1. The Morgan fingerprint density at radius 2 is 2.29 bits per heavy atom. The van der Waals surface area contributed by atoms with E-state index in [0.29, 0.717) is 16.2 Å². The van der Waals surface area contributed by atoms with Gasteiger partial charge in [-0.25, -0.2) is 4.98 Å². The van der Waals surface area contributed by atoms with E-state index in [1.807, 2.05) is 6.07 Å². The number of ether oxygens (including phenoxy) is 1. The highest BCUT2D eigenvalue weighted by atomic mass is 35.5. The summed E-state index contributed by atoms with van der Waals surface area (Å²) in [7, 11) is 0. The third kappa shape index (κ3) is 2.22. The normalized spacial score (nSPS) is 28.2. The average molecular weight is 274 g/mol. The highest BCUT2D eigenvalue weighted by Crippen LogP contribution is 2.28. The molecule has 6 heteroatoms. The van der Waals surface area contributed by atoms with Crippen LogP contribution in [0.15, 0.2) is 12.3 Å². The van der Waals surface area contributed by atoms with Crippen molar-refractivity contribution in [1.29, 1.82) is 0 Å². The molecule has 17 heavy (non-hydrogen) atoms. The molecule has 2 bridgehead atoms. The summed E-state index contributed by atoms with van der Waals surface area (Å²) in [5.41, 5.74) is 1.02. The van der Waals surface area contributed by atoms with Crippen LogP contribution in [-0.2, 0) is 4.74 Å². The van der Waals surface area contributed by atoms with Gasteiger partial charge < -0.3 is 15.0 Å². The van der Waals surface area contributed by atoms with Gasteiger partial charge in [0, 0.05) is 19.6 Å². The maximum atomic E-state index is 6.01. The molecule has 3 saturated heterocycles. The number of aromatic nitrogens is 1. The zero-order valence-electron chi connectivity index (χ0n) is 9.20. The van der Waals surface area contributed by atoms with E-state index in [1.54, 1.807) is 6.20 Å². The van der Waals surface area contributed by atoms with Crippen LogP contribution in [0.2, 0.25) is 10.2 Å². The van der Waals surface area contributed by atoms with Crippen molar-refractivity contribution in [3.8, 4) is 0 Å². The topological polar surface area (TPSA) is 37.4 Å². The van der Waals surface area contributed by atoms with Gasteiger partial charge in [0.05, 0.1) is 35.7 Å². The van der Waals surface area contributed by atoms with Crippen molar-refractivity contribution in [2.24, 2.45) is 0 Å². The van der Waals surface area contributed by atoms with Gasteiger partial charge in [-0.3, -0.25) is 0 Å². The number of morpholine rings is 1. The monoisotopic (exact) mass is 273 g/mol. The Morgan fingerprint density at radius 1 is 1.41 bits per heavy atom. The molecule has 4 nitrogen and oxygen atoms in total. The Labute approximate surface area is 110 Å². The van der Waals surface area contributed by atoms with Gasteiger partial charge in [0.1, 0.15) is 5.15 Å². The molecule has 92 valence electrons. The first-order valence-electron chi connectivity index (χ1n) is 5.64. The number of anilines is 1. The fourth-order valence-corrected chi connectivity index (χ4v) is 2.61. The van der Waals surface area contributed by atoms with Gasteiger partial charge >= 0.3 is 0 Å². The van der Waals surface area contributed by atoms with Crippen LogP contribution in [-0.4, -0.2) is 43.4 Å². The highest BCUT2D eigenvalue weighted by Gasteiger charge is 2.32. The Morgan fingerprint density at radius 3 is 3.12 bits per heavy atom. The van der Waals surface area contributed by atoms with Gasteiger partial charge in [0.2, 0.25) is 0 Å². The summed E-state index contributed by atoms with van der Waals surface area (Å²) in [6, 6.07) is 2.21. The molecule has 3 aliphatic rings. The molecule has 1 N–H and O–H groups in total. The van der Waals surface area contributed by atoms with E-state index in [9.17, 15) is 0 Å². The fraction of sp³-hybridized carbons (Fsp3) is 0.545. The van der Waals surface area contributed by atoms with Gasteiger partial charge in [-0.15, -0.1) is 0 Å². The highest BCUT2D eigenvalue weighted by molar-refractivity contribution is 6.41. The second-order valence-corrected chi connectivity index (χ2v) is 5.15. The Bertz CT molecular complexity index is 425. The van der Waals surface area contributed by atoms with Gasteiger partial charge in [-0.1, -0.05) is 23.2 Å². The molecule has 0 saturated carbocycles. The van der Waals surface area contributed by atoms with Crippen LogP contribution in [0.1, 0.15) is 0 Å². The third-order valence-corrected chi connectivity index (χ3v) is 3.92. The van der Waals surface area contributed by atoms with Gasteiger partial charge in [0.25, 0.3) is 0 Å². The van der Waals surface area contributed by atoms with Crippen molar-refractivity contribution >= 4 is 28.9 Å². The van der Waals surface area contributed by atoms with Crippen molar-refractivity contribution in [3.05, 3.63) is 22.4 Å². The molecular weight excluding hydrogens is 261 g/mol. The lowest BCUT2D eigenvalue weighted by Gasteiger charge is -2.37. The zero-order chi connectivity index (χ0) is 11.8. The first-order valence-corrected chi connectivity index (χ1v) is 6.39. The number of nitrogens with zero attached hydrogens (tertiary/aromatic N) is 2. The lowest BCUT2D eigenvalue weighted by molar-refractivity contribution is 0.0391. The molecular formula is C11H13Cl2N3O. The minimum absolute atomic E-state index is 0.239. The van der Waals surface area contributed by atoms with Crippen LogP contribution in [0.25, 0.3) is 0 Å². The van der Waals surface area contributed by atoms with E-state index in [4.69, 9.17) is 27.9 Å². The van der Waals surface area contributed by atoms with Crippen molar-refractivity contribution in [2.75, 3.05) is 31.1 Å².